The van der Waals surface area contributed by atoms with Crippen LogP contribution in [0.5, 0.6) is 0 Å². The van der Waals surface area contributed by atoms with Gasteiger partial charge in [-0.15, -0.1) is 0 Å². The molecule has 0 N–H and O–H groups in total. The van der Waals surface area contributed by atoms with Crippen LogP contribution >= 0.6 is 15.9 Å². The minimum absolute atomic E-state index is 0.187. The second-order valence-corrected chi connectivity index (χ2v) is 10.7. The zero-order chi connectivity index (χ0) is 16.6. The van der Waals surface area contributed by atoms with Crippen LogP contribution in [0.2, 0.25) is 0 Å². The quantitative estimate of drug-likeness (QED) is 0.409. The van der Waals surface area contributed by atoms with Gasteiger partial charge in [-0.3, -0.25) is 0 Å². The second kappa shape index (κ2) is 5.33. The Morgan fingerprint density at radius 3 is 2.58 bits per heavy atom. The molecule has 4 aliphatic carbocycles. The summed E-state index contributed by atoms with van der Waals surface area (Å²) in [5.74, 6) is 3.08. The van der Waals surface area contributed by atoms with Crippen molar-refractivity contribution in [2.45, 2.75) is 69.4 Å². The predicted molar refractivity (Wildman–Crippen MR) is 99.0 cm³/mol. The van der Waals surface area contributed by atoms with Crippen molar-refractivity contribution < 1.29 is 9.47 Å². The number of allylic oxidation sites excluding steroid dienone is 2. The summed E-state index contributed by atoms with van der Waals surface area (Å²) < 4.78 is 12.6. The number of hydrogen-bond acceptors (Lipinski definition) is 2. The Labute approximate surface area is 154 Å². The van der Waals surface area contributed by atoms with Crippen molar-refractivity contribution in [3.63, 3.8) is 0 Å². The number of hydrogen-bond donors (Lipinski definition) is 0. The van der Waals surface area contributed by atoms with E-state index in [0.29, 0.717) is 10.2 Å². The average molecular weight is 395 g/mol. The van der Waals surface area contributed by atoms with Gasteiger partial charge in [0.15, 0.2) is 5.79 Å². The molecule has 1 saturated heterocycles. The van der Waals surface area contributed by atoms with Crippen LogP contribution in [0.15, 0.2) is 12.2 Å². The van der Waals surface area contributed by atoms with Crippen molar-refractivity contribution in [3.8, 4) is 0 Å². The van der Waals surface area contributed by atoms with Gasteiger partial charge >= 0.3 is 0 Å². The van der Waals surface area contributed by atoms with Crippen LogP contribution in [0.4, 0.5) is 0 Å². The Balaban J connectivity index is 1.51. The number of fused-ring (bicyclic) bond motifs is 6. The summed E-state index contributed by atoms with van der Waals surface area (Å²) in [6.07, 6.45) is 14.3. The normalized spacial score (nSPS) is 55.2. The molecule has 7 atom stereocenters. The molecule has 134 valence electrons. The smallest absolute Gasteiger partial charge is 0.186 e. The van der Waals surface area contributed by atoms with Gasteiger partial charge in [0.05, 0.1) is 18.0 Å². The van der Waals surface area contributed by atoms with Crippen LogP contribution < -0.4 is 0 Å². The minimum atomic E-state index is -0.354. The Morgan fingerprint density at radius 1 is 1.00 bits per heavy atom. The van der Waals surface area contributed by atoms with E-state index in [4.69, 9.17) is 9.47 Å². The summed E-state index contributed by atoms with van der Waals surface area (Å²) in [5, 5.41) is 0. The van der Waals surface area contributed by atoms with E-state index in [1.165, 1.54) is 44.9 Å². The van der Waals surface area contributed by atoms with E-state index in [0.717, 1.165) is 36.9 Å². The molecule has 0 radical (unpaired) electrons. The SMILES string of the molecule is C[C@]12CC=CC[C@@H]1CC[C@H]1[C@H]2CC[C@@]2(C)[C@H]1C[C@@H](Br)C21OCCO1. The average Bonchev–Trinajstić information content (AvgIpc) is 3.15. The van der Waals surface area contributed by atoms with Crippen LogP contribution in [-0.4, -0.2) is 23.8 Å². The van der Waals surface area contributed by atoms with Gasteiger partial charge in [0, 0.05) is 5.41 Å². The van der Waals surface area contributed by atoms with Gasteiger partial charge in [-0.2, -0.15) is 0 Å². The van der Waals surface area contributed by atoms with Crippen molar-refractivity contribution in [3.05, 3.63) is 12.2 Å². The highest BCUT2D eigenvalue weighted by atomic mass is 79.9. The number of ether oxygens (including phenoxy) is 2. The molecule has 24 heavy (non-hydrogen) atoms. The van der Waals surface area contributed by atoms with E-state index < -0.39 is 0 Å². The molecule has 4 fully saturated rings. The first-order chi connectivity index (χ1) is 11.5. The maximum absolute atomic E-state index is 6.32. The van der Waals surface area contributed by atoms with Crippen LogP contribution in [0.1, 0.15) is 58.8 Å². The van der Waals surface area contributed by atoms with Gasteiger partial charge in [-0.1, -0.05) is 41.9 Å². The summed E-state index contributed by atoms with van der Waals surface area (Å²) >= 11 is 3.99. The van der Waals surface area contributed by atoms with E-state index in [2.05, 4.69) is 41.9 Å². The van der Waals surface area contributed by atoms with Crippen molar-refractivity contribution in [2.75, 3.05) is 13.2 Å². The third-order valence-electron chi connectivity index (χ3n) is 8.99. The molecule has 1 heterocycles. The Hall–Kier alpha value is 0.140. The lowest BCUT2D eigenvalue weighted by molar-refractivity contribution is -0.243. The molecule has 0 amide bonds. The zero-order valence-corrected chi connectivity index (χ0v) is 16.7. The molecule has 3 saturated carbocycles. The third-order valence-corrected chi connectivity index (χ3v) is 9.96. The van der Waals surface area contributed by atoms with E-state index in [1.807, 2.05) is 0 Å². The highest BCUT2D eigenvalue weighted by Gasteiger charge is 2.70. The first-order valence-corrected chi connectivity index (χ1v) is 11.0. The predicted octanol–water partition coefficient (Wildman–Crippen LogP) is 5.31. The monoisotopic (exact) mass is 394 g/mol. The van der Waals surface area contributed by atoms with Crippen molar-refractivity contribution in [1.82, 2.24) is 0 Å². The molecule has 0 aromatic rings. The molecule has 0 aromatic heterocycles. The van der Waals surface area contributed by atoms with E-state index >= 15 is 0 Å². The van der Waals surface area contributed by atoms with E-state index in [1.54, 1.807) is 0 Å². The van der Waals surface area contributed by atoms with Crippen LogP contribution in [0.25, 0.3) is 0 Å². The van der Waals surface area contributed by atoms with Crippen LogP contribution in [0, 0.1) is 34.5 Å². The molecule has 1 aliphatic heterocycles. The molecular weight excluding hydrogens is 364 g/mol. The zero-order valence-electron chi connectivity index (χ0n) is 15.1. The first-order valence-electron chi connectivity index (χ1n) is 10.1. The Bertz CT molecular complexity index is 554. The topological polar surface area (TPSA) is 18.5 Å². The molecule has 5 rings (SSSR count). The van der Waals surface area contributed by atoms with Gasteiger partial charge in [0.1, 0.15) is 0 Å². The molecule has 0 bridgehead atoms. The molecule has 3 heteroatoms. The third kappa shape index (κ3) is 1.85. The number of rotatable bonds is 0. The Kier molecular flexibility index (Phi) is 3.62. The van der Waals surface area contributed by atoms with Gasteiger partial charge in [0.2, 0.25) is 0 Å². The molecular formula is C21H31BrO2. The van der Waals surface area contributed by atoms with Crippen LogP contribution in [0.3, 0.4) is 0 Å². The fourth-order valence-corrected chi connectivity index (χ4v) is 8.89. The standard InChI is InChI=1S/C21H31BrO2/c1-19-9-4-3-5-14(19)6-7-15-16(19)8-10-20(2)17(15)13-18(22)21(20)23-11-12-24-21/h3-4,14-18H,5-13H2,1-2H3/t14-,15+,16-,17+,18-,19+,20+/m1/s1. The molecule has 5 aliphatic rings. The fourth-order valence-electron chi connectivity index (χ4n) is 7.70. The summed E-state index contributed by atoms with van der Waals surface area (Å²) in [6, 6.07) is 0. The number of halogens is 1. The van der Waals surface area contributed by atoms with Gasteiger partial charge < -0.3 is 9.47 Å². The van der Waals surface area contributed by atoms with Gasteiger partial charge in [0.25, 0.3) is 0 Å². The van der Waals surface area contributed by atoms with E-state index in [9.17, 15) is 0 Å². The summed E-state index contributed by atoms with van der Waals surface area (Å²) in [6.45, 7) is 6.63. The molecule has 0 aromatic carbocycles. The van der Waals surface area contributed by atoms with Crippen molar-refractivity contribution >= 4 is 15.9 Å². The maximum Gasteiger partial charge on any atom is 0.186 e. The summed E-state index contributed by atoms with van der Waals surface area (Å²) in [5.41, 5.74) is 0.723. The lowest BCUT2D eigenvalue weighted by Crippen LogP contribution is -2.57. The van der Waals surface area contributed by atoms with Gasteiger partial charge in [-0.05, 0) is 74.0 Å². The highest BCUT2D eigenvalue weighted by molar-refractivity contribution is 9.09. The van der Waals surface area contributed by atoms with Gasteiger partial charge in [-0.25, -0.2) is 0 Å². The van der Waals surface area contributed by atoms with E-state index in [-0.39, 0.29) is 11.2 Å². The summed E-state index contributed by atoms with van der Waals surface area (Å²) in [7, 11) is 0. The second-order valence-electron chi connectivity index (χ2n) is 9.59. The van der Waals surface area contributed by atoms with Crippen molar-refractivity contribution in [2.24, 2.45) is 34.5 Å². The summed E-state index contributed by atoms with van der Waals surface area (Å²) in [4.78, 5) is 0.359. The fraction of sp³-hybridized carbons (Fsp3) is 0.905. The molecule has 2 nitrogen and oxygen atoms in total. The number of alkyl halides is 1. The first kappa shape index (κ1) is 16.3. The van der Waals surface area contributed by atoms with Crippen molar-refractivity contribution in [1.29, 1.82) is 0 Å². The Morgan fingerprint density at radius 2 is 1.79 bits per heavy atom. The largest absolute Gasteiger partial charge is 0.346 e. The molecule has 0 unspecified atom stereocenters. The highest BCUT2D eigenvalue weighted by Crippen LogP contribution is 2.70. The maximum atomic E-state index is 6.32. The molecule has 1 spiro atoms. The minimum Gasteiger partial charge on any atom is -0.346 e. The van der Waals surface area contributed by atoms with Crippen LogP contribution in [-0.2, 0) is 9.47 Å². The lowest BCUT2D eigenvalue weighted by Gasteiger charge is -2.60. The lowest BCUT2D eigenvalue weighted by atomic mass is 9.45.